The monoisotopic (exact) mass is 323 g/mol. The molecule has 0 spiro atoms. The molecule has 2 aromatic carbocycles. The smallest absolute Gasteiger partial charge is 0.146 e. The van der Waals surface area contributed by atoms with Crippen molar-refractivity contribution in [2.24, 2.45) is 0 Å². The lowest BCUT2D eigenvalue weighted by Crippen LogP contribution is -2.07. The molecule has 0 bridgehead atoms. The Morgan fingerprint density at radius 2 is 1.65 bits per heavy atom. The van der Waals surface area contributed by atoms with Crippen LogP contribution in [0.2, 0.25) is 0 Å². The summed E-state index contributed by atoms with van der Waals surface area (Å²) in [6.45, 7) is 3.00. The first-order chi connectivity index (χ1) is 11.4. The first kappa shape index (κ1) is 15.8. The maximum Gasteiger partial charge on any atom is 0.146 e. The fourth-order valence-corrected chi connectivity index (χ4v) is 3.38. The maximum absolute atomic E-state index is 4.44. The minimum Gasteiger partial charge on any atom is -0.244 e. The molecule has 0 unspecified atom stereocenters. The van der Waals surface area contributed by atoms with Crippen LogP contribution in [0.5, 0.6) is 0 Å². The normalized spacial score (nSPS) is 10.8. The van der Waals surface area contributed by atoms with Gasteiger partial charge in [0.15, 0.2) is 0 Å². The average molecular weight is 323 g/mol. The molecule has 0 saturated heterocycles. The molecular weight excluding hydrogens is 302 g/mol. The summed E-state index contributed by atoms with van der Waals surface area (Å²) in [5.41, 5.74) is 2.50. The summed E-state index contributed by atoms with van der Waals surface area (Å²) in [5.74, 6) is 0. The number of nitrogens with zero attached hydrogens (tertiary/aromatic N) is 3. The van der Waals surface area contributed by atoms with Crippen molar-refractivity contribution in [2.45, 2.75) is 42.7 Å². The van der Waals surface area contributed by atoms with E-state index in [1.54, 1.807) is 11.8 Å². The fraction of sp³-hybridized carbons (Fsp3) is 0.263. The van der Waals surface area contributed by atoms with Crippen molar-refractivity contribution in [2.75, 3.05) is 0 Å². The highest BCUT2D eigenvalue weighted by atomic mass is 32.2. The van der Waals surface area contributed by atoms with Gasteiger partial charge in [0.2, 0.25) is 0 Å². The van der Waals surface area contributed by atoms with E-state index >= 15 is 0 Å². The third kappa shape index (κ3) is 4.23. The van der Waals surface area contributed by atoms with Gasteiger partial charge in [-0.1, -0.05) is 78.9 Å². The van der Waals surface area contributed by atoms with Crippen molar-refractivity contribution >= 4 is 11.8 Å². The van der Waals surface area contributed by atoms with Crippen molar-refractivity contribution in [3.05, 3.63) is 71.9 Å². The van der Waals surface area contributed by atoms with Gasteiger partial charge in [0, 0.05) is 4.90 Å². The molecule has 0 amide bonds. The molecule has 3 nitrogen and oxygen atoms in total. The number of rotatable bonds is 7. The van der Waals surface area contributed by atoms with Crippen LogP contribution in [0.15, 0.2) is 70.6 Å². The van der Waals surface area contributed by atoms with Crippen LogP contribution in [0.3, 0.4) is 0 Å². The zero-order chi connectivity index (χ0) is 15.9. The second-order valence-electron chi connectivity index (χ2n) is 5.50. The third-order valence-corrected chi connectivity index (χ3v) is 4.72. The molecule has 118 valence electrons. The van der Waals surface area contributed by atoms with Crippen LogP contribution >= 0.6 is 11.8 Å². The zero-order valence-electron chi connectivity index (χ0n) is 13.4. The summed E-state index contributed by atoms with van der Waals surface area (Å²) in [7, 11) is 0. The van der Waals surface area contributed by atoms with E-state index < -0.39 is 0 Å². The Hall–Kier alpha value is -2.07. The Morgan fingerprint density at radius 3 is 2.35 bits per heavy atom. The first-order valence-corrected chi connectivity index (χ1v) is 8.87. The molecule has 23 heavy (non-hydrogen) atoms. The molecule has 4 heteroatoms. The zero-order valence-corrected chi connectivity index (χ0v) is 14.2. The second-order valence-corrected chi connectivity index (χ2v) is 6.57. The van der Waals surface area contributed by atoms with Crippen LogP contribution < -0.4 is 0 Å². The van der Waals surface area contributed by atoms with Crippen molar-refractivity contribution < 1.29 is 0 Å². The fourth-order valence-electron chi connectivity index (χ4n) is 2.46. The molecule has 1 aromatic heterocycles. The number of unbranched alkanes of at least 4 members (excludes halogenated alkanes) is 1. The molecule has 1 heterocycles. The van der Waals surface area contributed by atoms with Gasteiger partial charge in [-0.2, -0.15) is 0 Å². The standard InChI is InChI=1S/C19H21N3S/c1-2-3-14-18-19(23-17-12-8-5-9-13-17)20-21-22(18)15-16-10-6-4-7-11-16/h4-13H,2-3,14-15H2,1H3. The average Bonchev–Trinajstić information content (AvgIpc) is 2.96. The number of hydrogen-bond acceptors (Lipinski definition) is 3. The van der Waals surface area contributed by atoms with E-state index in [-0.39, 0.29) is 0 Å². The predicted octanol–water partition coefficient (Wildman–Crippen LogP) is 4.82. The summed E-state index contributed by atoms with van der Waals surface area (Å²) in [4.78, 5) is 1.21. The summed E-state index contributed by atoms with van der Waals surface area (Å²) in [6, 6.07) is 20.8. The van der Waals surface area contributed by atoms with E-state index in [1.807, 2.05) is 12.1 Å². The Labute approximate surface area is 141 Å². The van der Waals surface area contributed by atoms with Crippen LogP contribution in [-0.4, -0.2) is 15.0 Å². The van der Waals surface area contributed by atoms with E-state index in [0.717, 1.165) is 24.4 Å². The molecule has 3 rings (SSSR count). The van der Waals surface area contributed by atoms with Crippen molar-refractivity contribution in [3.8, 4) is 0 Å². The predicted molar refractivity (Wildman–Crippen MR) is 94.7 cm³/mol. The van der Waals surface area contributed by atoms with Gasteiger partial charge < -0.3 is 0 Å². The van der Waals surface area contributed by atoms with Crippen LogP contribution in [0.1, 0.15) is 31.0 Å². The Morgan fingerprint density at radius 1 is 0.957 bits per heavy atom. The second kappa shape index (κ2) is 7.97. The highest BCUT2D eigenvalue weighted by Crippen LogP contribution is 2.29. The number of hydrogen-bond donors (Lipinski definition) is 0. The molecule has 0 atom stereocenters. The molecule has 0 aliphatic carbocycles. The van der Waals surface area contributed by atoms with E-state index in [2.05, 4.69) is 70.4 Å². The summed E-state index contributed by atoms with van der Waals surface area (Å²) >= 11 is 1.70. The van der Waals surface area contributed by atoms with Crippen LogP contribution in [0.25, 0.3) is 0 Å². The van der Waals surface area contributed by atoms with E-state index in [0.29, 0.717) is 0 Å². The number of benzene rings is 2. The maximum atomic E-state index is 4.44. The highest BCUT2D eigenvalue weighted by molar-refractivity contribution is 7.99. The molecule has 0 aliphatic rings. The first-order valence-electron chi connectivity index (χ1n) is 8.06. The number of aromatic nitrogens is 3. The largest absolute Gasteiger partial charge is 0.244 e. The molecule has 0 fully saturated rings. The molecular formula is C19H21N3S. The van der Waals surface area contributed by atoms with Gasteiger partial charge in [-0.15, -0.1) is 5.10 Å². The summed E-state index contributed by atoms with van der Waals surface area (Å²) < 4.78 is 2.05. The van der Waals surface area contributed by atoms with Gasteiger partial charge in [-0.3, -0.25) is 0 Å². The molecule has 0 saturated carbocycles. The van der Waals surface area contributed by atoms with Crippen LogP contribution in [-0.2, 0) is 13.0 Å². The summed E-state index contributed by atoms with van der Waals surface area (Å²) in [5, 5.41) is 9.87. The van der Waals surface area contributed by atoms with Crippen LogP contribution in [0, 0.1) is 0 Å². The van der Waals surface area contributed by atoms with E-state index in [1.165, 1.54) is 22.6 Å². The lowest BCUT2D eigenvalue weighted by atomic mass is 10.2. The lowest BCUT2D eigenvalue weighted by molar-refractivity contribution is 0.605. The minimum absolute atomic E-state index is 0.780. The topological polar surface area (TPSA) is 30.7 Å². The SMILES string of the molecule is CCCCc1c(Sc2ccccc2)nnn1Cc1ccccc1. The van der Waals surface area contributed by atoms with Gasteiger partial charge in [-0.25, -0.2) is 4.68 Å². The molecule has 0 radical (unpaired) electrons. The van der Waals surface area contributed by atoms with Crippen molar-refractivity contribution in [1.82, 2.24) is 15.0 Å². The Balaban J connectivity index is 1.84. The van der Waals surface area contributed by atoms with E-state index in [9.17, 15) is 0 Å². The van der Waals surface area contributed by atoms with Crippen molar-refractivity contribution in [3.63, 3.8) is 0 Å². The summed E-state index contributed by atoms with van der Waals surface area (Å²) in [6.07, 6.45) is 3.35. The Bertz CT molecular complexity index is 664. The van der Waals surface area contributed by atoms with Gasteiger partial charge in [0.1, 0.15) is 5.03 Å². The lowest BCUT2D eigenvalue weighted by Gasteiger charge is -2.08. The Kier molecular flexibility index (Phi) is 5.48. The molecule has 0 N–H and O–H groups in total. The molecule has 0 aliphatic heterocycles. The van der Waals surface area contributed by atoms with Gasteiger partial charge in [0.05, 0.1) is 12.2 Å². The van der Waals surface area contributed by atoms with E-state index in [4.69, 9.17) is 0 Å². The third-order valence-electron chi connectivity index (χ3n) is 3.70. The molecule has 3 aromatic rings. The highest BCUT2D eigenvalue weighted by Gasteiger charge is 2.14. The minimum atomic E-state index is 0.780. The van der Waals surface area contributed by atoms with Gasteiger partial charge in [0.25, 0.3) is 0 Å². The quantitative estimate of drug-likeness (QED) is 0.624. The van der Waals surface area contributed by atoms with Crippen LogP contribution in [0.4, 0.5) is 0 Å². The van der Waals surface area contributed by atoms with Gasteiger partial charge in [-0.05, 0) is 30.5 Å². The van der Waals surface area contributed by atoms with Crippen molar-refractivity contribution in [1.29, 1.82) is 0 Å². The van der Waals surface area contributed by atoms with Gasteiger partial charge >= 0.3 is 0 Å².